The lowest BCUT2D eigenvalue weighted by Crippen LogP contribution is -2.10. The standard InChI is InChI=1S/C10H11N5O3S/c1-15-6(5(3-12-15)9(17)18)4-19-10-13-7(11)2-8(16)14-10/h2-3H,4H2,1H3,(H,17,18)(H3,11,13,14,16). The molecule has 0 unspecified atom stereocenters. The average Bonchev–Trinajstić information content (AvgIpc) is 2.67. The van der Waals surface area contributed by atoms with Crippen LogP contribution in [0, 0.1) is 0 Å². The molecule has 0 saturated carbocycles. The molecule has 2 rings (SSSR count). The summed E-state index contributed by atoms with van der Waals surface area (Å²) in [6.45, 7) is 0. The van der Waals surface area contributed by atoms with Crippen LogP contribution in [0.5, 0.6) is 0 Å². The molecule has 2 aromatic rings. The number of aryl methyl sites for hydroxylation is 1. The van der Waals surface area contributed by atoms with Crippen molar-refractivity contribution in [2.45, 2.75) is 10.9 Å². The summed E-state index contributed by atoms with van der Waals surface area (Å²) in [5, 5.41) is 13.2. The molecular weight excluding hydrogens is 270 g/mol. The molecule has 2 heterocycles. The highest BCUT2D eigenvalue weighted by Gasteiger charge is 2.15. The first-order chi connectivity index (χ1) is 8.97. The molecule has 19 heavy (non-hydrogen) atoms. The van der Waals surface area contributed by atoms with E-state index in [1.54, 1.807) is 7.05 Å². The van der Waals surface area contributed by atoms with Crippen molar-refractivity contribution in [1.82, 2.24) is 19.7 Å². The summed E-state index contributed by atoms with van der Waals surface area (Å²) in [5.41, 5.74) is 5.77. The number of nitrogens with two attached hydrogens (primary N) is 1. The van der Waals surface area contributed by atoms with Crippen molar-refractivity contribution in [3.05, 3.63) is 33.9 Å². The summed E-state index contributed by atoms with van der Waals surface area (Å²) in [4.78, 5) is 28.7. The number of rotatable bonds is 4. The Hall–Kier alpha value is -2.29. The van der Waals surface area contributed by atoms with E-state index in [0.29, 0.717) is 16.6 Å². The Morgan fingerprint density at radius 1 is 1.63 bits per heavy atom. The molecule has 0 radical (unpaired) electrons. The molecular formula is C10H11N5O3S. The lowest BCUT2D eigenvalue weighted by atomic mass is 10.3. The predicted molar refractivity (Wildman–Crippen MR) is 69.0 cm³/mol. The minimum Gasteiger partial charge on any atom is -0.478 e. The molecule has 0 spiro atoms. The van der Waals surface area contributed by atoms with Crippen molar-refractivity contribution < 1.29 is 9.90 Å². The van der Waals surface area contributed by atoms with Gasteiger partial charge in [0, 0.05) is 18.9 Å². The molecule has 0 fully saturated rings. The third-order valence-electron chi connectivity index (χ3n) is 2.38. The second-order valence-electron chi connectivity index (χ2n) is 3.70. The van der Waals surface area contributed by atoms with Crippen LogP contribution in [0.2, 0.25) is 0 Å². The smallest absolute Gasteiger partial charge is 0.339 e. The Bertz CT molecular complexity index is 678. The van der Waals surface area contributed by atoms with Crippen molar-refractivity contribution in [1.29, 1.82) is 0 Å². The van der Waals surface area contributed by atoms with Gasteiger partial charge in [0.2, 0.25) is 0 Å². The fraction of sp³-hybridized carbons (Fsp3) is 0.200. The maximum Gasteiger partial charge on any atom is 0.339 e. The monoisotopic (exact) mass is 281 g/mol. The number of aromatic amines is 1. The van der Waals surface area contributed by atoms with Gasteiger partial charge >= 0.3 is 5.97 Å². The van der Waals surface area contributed by atoms with Crippen molar-refractivity contribution in [2.24, 2.45) is 7.05 Å². The fourth-order valence-corrected chi connectivity index (χ4v) is 2.43. The molecule has 0 aliphatic rings. The van der Waals surface area contributed by atoms with Crippen LogP contribution in [-0.4, -0.2) is 30.8 Å². The number of H-pyrrole nitrogens is 1. The Morgan fingerprint density at radius 2 is 2.37 bits per heavy atom. The van der Waals surface area contributed by atoms with Gasteiger partial charge in [0.05, 0.1) is 11.9 Å². The summed E-state index contributed by atoms with van der Waals surface area (Å²) in [6, 6.07) is 1.18. The van der Waals surface area contributed by atoms with Gasteiger partial charge in [-0.05, 0) is 0 Å². The Balaban J connectivity index is 2.21. The molecule has 9 heteroatoms. The minimum atomic E-state index is -1.04. The van der Waals surface area contributed by atoms with Crippen molar-refractivity contribution in [2.75, 3.05) is 5.73 Å². The molecule has 0 aromatic carbocycles. The Morgan fingerprint density at radius 3 is 3.00 bits per heavy atom. The highest BCUT2D eigenvalue weighted by molar-refractivity contribution is 7.98. The van der Waals surface area contributed by atoms with Crippen LogP contribution < -0.4 is 11.3 Å². The Labute approximate surface area is 111 Å². The van der Waals surface area contributed by atoms with Crippen LogP contribution >= 0.6 is 11.8 Å². The maximum absolute atomic E-state index is 11.2. The number of nitrogens with zero attached hydrogens (tertiary/aromatic N) is 3. The highest BCUT2D eigenvalue weighted by atomic mass is 32.2. The number of carbonyl (C=O) groups is 1. The molecule has 2 aromatic heterocycles. The summed E-state index contributed by atoms with van der Waals surface area (Å²) >= 11 is 1.18. The van der Waals surface area contributed by atoms with Gasteiger partial charge in [-0.2, -0.15) is 5.10 Å². The first-order valence-corrected chi connectivity index (χ1v) is 6.19. The number of carboxylic acids is 1. The largest absolute Gasteiger partial charge is 0.478 e. The van der Waals surface area contributed by atoms with E-state index in [9.17, 15) is 9.59 Å². The van der Waals surface area contributed by atoms with E-state index in [1.807, 2.05) is 0 Å². The summed E-state index contributed by atoms with van der Waals surface area (Å²) in [5.74, 6) is -0.614. The van der Waals surface area contributed by atoms with E-state index in [-0.39, 0.29) is 16.9 Å². The van der Waals surface area contributed by atoms with Crippen molar-refractivity contribution in [3.8, 4) is 0 Å². The van der Waals surface area contributed by atoms with E-state index in [0.717, 1.165) is 0 Å². The molecule has 0 bridgehead atoms. The first-order valence-electron chi connectivity index (χ1n) is 5.21. The molecule has 0 amide bonds. The van der Waals surface area contributed by atoms with E-state index in [4.69, 9.17) is 10.8 Å². The molecule has 8 nitrogen and oxygen atoms in total. The normalized spacial score (nSPS) is 10.6. The van der Waals surface area contributed by atoms with Gasteiger partial charge in [-0.1, -0.05) is 11.8 Å². The van der Waals surface area contributed by atoms with Crippen LogP contribution in [0.15, 0.2) is 22.2 Å². The van der Waals surface area contributed by atoms with Gasteiger partial charge in [-0.25, -0.2) is 9.78 Å². The van der Waals surface area contributed by atoms with Gasteiger partial charge in [-0.15, -0.1) is 0 Å². The number of anilines is 1. The van der Waals surface area contributed by atoms with E-state index in [2.05, 4.69) is 15.1 Å². The zero-order chi connectivity index (χ0) is 14.0. The van der Waals surface area contributed by atoms with Crippen LogP contribution in [0.1, 0.15) is 16.1 Å². The first kappa shape index (κ1) is 13.1. The Kier molecular flexibility index (Phi) is 3.56. The van der Waals surface area contributed by atoms with Crippen LogP contribution in [0.3, 0.4) is 0 Å². The number of nitrogen functional groups attached to an aromatic ring is 1. The quantitative estimate of drug-likeness (QED) is 0.534. The van der Waals surface area contributed by atoms with Crippen LogP contribution in [-0.2, 0) is 12.8 Å². The van der Waals surface area contributed by atoms with Gasteiger partial charge in [0.1, 0.15) is 11.4 Å². The molecule has 0 saturated heterocycles. The third-order valence-corrected chi connectivity index (χ3v) is 3.26. The number of aromatic carboxylic acids is 1. The number of aromatic nitrogens is 4. The maximum atomic E-state index is 11.2. The van der Waals surface area contributed by atoms with Crippen molar-refractivity contribution in [3.63, 3.8) is 0 Å². The lowest BCUT2D eigenvalue weighted by Gasteiger charge is -2.04. The van der Waals surface area contributed by atoms with E-state index >= 15 is 0 Å². The number of hydrogen-bond donors (Lipinski definition) is 3. The number of hydrogen-bond acceptors (Lipinski definition) is 6. The summed E-state index contributed by atoms with van der Waals surface area (Å²) < 4.78 is 1.47. The van der Waals surface area contributed by atoms with Gasteiger partial charge in [-0.3, -0.25) is 9.48 Å². The number of nitrogens with one attached hydrogen (secondary N) is 1. The topological polar surface area (TPSA) is 127 Å². The summed E-state index contributed by atoms with van der Waals surface area (Å²) in [7, 11) is 1.65. The third kappa shape index (κ3) is 2.94. The molecule has 4 N–H and O–H groups in total. The molecule has 100 valence electrons. The zero-order valence-corrected chi connectivity index (χ0v) is 10.8. The second-order valence-corrected chi connectivity index (χ2v) is 4.66. The predicted octanol–water partition coefficient (Wildman–Crippen LogP) is 0.0761. The number of carboxylic acid groups (broad SMARTS) is 1. The molecule has 0 aliphatic carbocycles. The van der Waals surface area contributed by atoms with Gasteiger partial charge in [0.25, 0.3) is 5.56 Å². The second kappa shape index (κ2) is 5.14. The fourth-order valence-electron chi connectivity index (χ4n) is 1.47. The van der Waals surface area contributed by atoms with E-state index < -0.39 is 5.97 Å². The van der Waals surface area contributed by atoms with Crippen LogP contribution in [0.4, 0.5) is 5.82 Å². The molecule has 0 aliphatic heterocycles. The van der Waals surface area contributed by atoms with E-state index in [1.165, 1.54) is 28.7 Å². The average molecular weight is 281 g/mol. The van der Waals surface area contributed by atoms with Gasteiger partial charge in [0.15, 0.2) is 5.16 Å². The van der Waals surface area contributed by atoms with Gasteiger partial charge < -0.3 is 15.8 Å². The van der Waals surface area contributed by atoms with Crippen molar-refractivity contribution >= 4 is 23.5 Å². The SMILES string of the molecule is Cn1ncc(C(=O)O)c1CSc1nc(N)cc(=O)[nH]1. The van der Waals surface area contributed by atoms with Crippen LogP contribution in [0.25, 0.3) is 0 Å². The highest BCUT2D eigenvalue weighted by Crippen LogP contribution is 2.20. The minimum absolute atomic E-state index is 0.120. The summed E-state index contributed by atoms with van der Waals surface area (Å²) in [6.07, 6.45) is 1.29. The lowest BCUT2D eigenvalue weighted by molar-refractivity contribution is 0.0696. The number of thioether (sulfide) groups is 1. The molecule has 0 atom stereocenters. The zero-order valence-electron chi connectivity index (χ0n) is 9.95.